The highest BCUT2D eigenvalue weighted by Crippen LogP contribution is 2.13. The zero-order valence-electron chi connectivity index (χ0n) is 10.3. The van der Waals surface area contributed by atoms with Crippen LogP contribution in [-0.2, 0) is 9.59 Å². The van der Waals surface area contributed by atoms with Gasteiger partial charge in [-0.25, -0.2) is 0 Å². The average Bonchev–Trinajstić information content (AvgIpc) is 2.29. The van der Waals surface area contributed by atoms with Gasteiger partial charge in [0.1, 0.15) is 5.92 Å². The molecule has 5 nitrogen and oxygen atoms in total. The Morgan fingerprint density at radius 3 is 2.17 bits per heavy atom. The van der Waals surface area contributed by atoms with E-state index in [2.05, 4.69) is 5.32 Å². The molecule has 0 radical (unpaired) electrons. The summed E-state index contributed by atoms with van der Waals surface area (Å²) in [5, 5.41) is 11.3. The standard InChI is InChI=1S/C13H15NO4/c1-3-11(13(17)18)12(16)14-10-6-4-9(5-7-10)8(2)15/h4-7,11H,3H2,1-2H3,(H,14,16)(H,17,18). The Morgan fingerprint density at radius 1 is 1.22 bits per heavy atom. The molecule has 0 aromatic heterocycles. The molecule has 0 fully saturated rings. The van der Waals surface area contributed by atoms with E-state index in [0.29, 0.717) is 11.3 Å². The van der Waals surface area contributed by atoms with Crippen LogP contribution in [-0.4, -0.2) is 22.8 Å². The Morgan fingerprint density at radius 2 is 1.78 bits per heavy atom. The highest BCUT2D eigenvalue weighted by molar-refractivity contribution is 6.04. The van der Waals surface area contributed by atoms with E-state index in [-0.39, 0.29) is 12.2 Å². The van der Waals surface area contributed by atoms with Crippen LogP contribution < -0.4 is 5.32 Å². The average molecular weight is 249 g/mol. The number of nitrogens with one attached hydrogen (secondary N) is 1. The fraction of sp³-hybridized carbons (Fsp3) is 0.308. The van der Waals surface area contributed by atoms with Gasteiger partial charge in [0.15, 0.2) is 5.78 Å². The third-order valence-corrected chi connectivity index (χ3v) is 2.58. The summed E-state index contributed by atoms with van der Waals surface area (Å²) < 4.78 is 0. The number of hydrogen-bond donors (Lipinski definition) is 2. The number of benzene rings is 1. The van der Waals surface area contributed by atoms with Crippen molar-refractivity contribution in [3.8, 4) is 0 Å². The van der Waals surface area contributed by atoms with Crippen LogP contribution in [0.15, 0.2) is 24.3 Å². The monoisotopic (exact) mass is 249 g/mol. The van der Waals surface area contributed by atoms with Gasteiger partial charge in [0.2, 0.25) is 5.91 Å². The van der Waals surface area contributed by atoms with E-state index in [4.69, 9.17) is 5.11 Å². The molecule has 1 aromatic carbocycles. The molecule has 0 bridgehead atoms. The first-order valence-corrected chi connectivity index (χ1v) is 5.60. The first-order valence-electron chi connectivity index (χ1n) is 5.60. The number of rotatable bonds is 5. The van der Waals surface area contributed by atoms with E-state index in [9.17, 15) is 14.4 Å². The molecule has 0 spiro atoms. The highest BCUT2D eigenvalue weighted by atomic mass is 16.4. The lowest BCUT2D eigenvalue weighted by Crippen LogP contribution is -2.28. The fourth-order valence-corrected chi connectivity index (χ4v) is 1.49. The molecule has 18 heavy (non-hydrogen) atoms. The Bertz CT molecular complexity index is 464. The van der Waals surface area contributed by atoms with E-state index in [1.165, 1.54) is 6.92 Å². The predicted octanol–water partition coefficient (Wildman–Crippen LogP) is 1.94. The van der Waals surface area contributed by atoms with Crippen LogP contribution in [0.3, 0.4) is 0 Å². The van der Waals surface area contributed by atoms with Crippen molar-refractivity contribution in [2.45, 2.75) is 20.3 Å². The van der Waals surface area contributed by atoms with E-state index in [0.717, 1.165) is 0 Å². The molecule has 5 heteroatoms. The summed E-state index contributed by atoms with van der Waals surface area (Å²) >= 11 is 0. The number of carbonyl (C=O) groups is 3. The van der Waals surface area contributed by atoms with Crippen molar-refractivity contribution in [1.29, 1.82) is 0 Å². The van der Waals surface area contributed by atoms with Crippen molar-refractivity contribution in [3.63, 3.8) is 0 Å². The normalized spacial score (nSPS) is 11.7. The summed E-state index contributed by atoms with van der Waals surface area (Å²) in [6, 6.07) is 6.31. The maximum Gasteiger partial charge on any atom is 0.316 e. The highest BCUT2D eigenvalue weighted by Gasteiger charge is 2.23. The molecular formula is C13H15NO4. The lowest BCUT2D eigenvalue weighted by atomic mass is 10.1. The minimum Gasteiger partial charge on any atom is -0.481 e. The number of ketones is 1. The summed E-state index contributed by atoms with van der Waals surface area (Å²) in [4.78, 5) is 33.5. The third kappa shape index (κ3) is 3.41. The number of carboxylic acid groups (broad SMARTS) is 1. The fourth-order valence-electron chi connectivity index (χ4n) is 1.49. The molecule has 0 heterocycles. The maximum absolute atomic E-state index is 11.6. The van der Waals surface area contributed by atoms with Crippen LogP contribution in [0, 0.1) is 5.92 Å². The molecule has 96 valence electrons. The van der Waals surface area contributed by atoms with E-state index >= 15 is 0 Å². The number of carbonyl (C=O) groups excluding carboxylic acids is 2. The van der Waals surface area contributed by atoms with Crippen molar-refractivity contribution in [1.82, 2.24) is 0 Å². The largest absolute Gasteiger partial charge is 0.481 e. The van der Waals surface area contributed by atoms with Gasteiger partial charge in [-0.2, -0.15) is 0 Å². The van der Waals surface area contributed by atoms with Crippen molar-refractivity contribution >= 4 is 23.3 Å². The number of Topliss-reactive ketones (excluding diaryl/α,β-unsaturated/α-hetero) is 1. The molecule has 2 N–H and O–H groups in total. The van der Waals surface area contributed by atoms with E-state index in [1.54, 1.807) is 31.2 Å². The molecule has 0 saturated carbocycles. The molecular weight excluding hydrogens is 234 g/mol. The van der Waals surface area contributed by atoms with Crippen LogP contribution in [0.1, 0.15) is 30.6 Å². The summed E-state index contributed by atoms with van der Waals surface area (Å²) in [5.74, 6) is -2.82. The van der Waals surface area contributed by atoms with Crippen molar-refractivity contribution in [3.05, 3.63) is 29.8 Å². The van der Waals surface area contributed by atoms with Gasteiger partial charge in [-0.05, 0) is 37.6 Å². The Hall–Kier alpha value is -2.17. The molecule has 1 aromatic rings. The molecule has 1 amide bonds. The maximum atomic E-state index is 11.6. The summed E-state index contributed by atoms with van der Waals surface area (Å²) in [6.07, 6.45) is 0.229. The first kappa shape index (κ1) is 13.9. The minimum absolute atomic E-state index is 0.0650. The third-order valence-electron chi connectivity index (χ3n) is 2.58. The molecule has 1 unspecified atom stereocenters. The molecule has 0 aliphatic rings. The molecule has 0 saturated heterocycles. The van der Waals surface area contributed by atoms with Gasteiger partial charge in [-0.3, -0.25) is 14.4 Å². The quantitative estimate of drug-likeness (QED) is 0.617. The van der Waals surface area contributed by atoms with Crippen molar-refractivity contribution in [2.24, 2.45) is 5.92 Å². The Balaban J connectivity index is 2.76. The minimum atomic E-state index is -1.14. The topological polar surface area (TPSA) is 83.5 Å². The van der Waals surface area contributed by atoms with Crippen molar-refractivity contribution in [2.75, 3.05) is 5.32 Å². The molecule has 0 aliphatic carbocycles. The van der Waals surface area contributed by atoms with Gasteiger partial charge in [-0.1, -0.05) is 6.92 Å². The lowest BCUT2D eigenvalue weighted by Gasteiger charge is -2.10. The van der Waals surface area contributed by atoms with Crippen LogP contribution in [0.5, 0.6) is 0 Å². The number of aliphatic carboxylic acids is 1. The Labute approximate surface area is 105 Å². The van der Waals surface area contributed by atoms with Crippen LogP contribution in [0.4, 0.5) is 5.69 Å². The van der Waals surface area contributed by atoms with Gasteiger partial charge < -0.3 is 10.4 Å². The number of carboxylic acids is 1. The summed E-state index contributed by atoms with van der Waals surface area (Å²) in [6.45, 7) is 3.09. The number of hydrogen-bond acceptors (Lipinski definition) is 3. The molecule has 0 aliphatic heterocycles. The second kappa shape index (κ2) is 5.95. The van der Waals surface area contributed by atoms with Gasteiger partial charge >= 0.3 is 5.97 Å². The van der Waals surface area contributed by atoms with Gasteiger partial charge in [0.25, 0.3) is 0 Å². The first-order chi connectivity index (χ1) is 8.45. The molecule has 1 atom stereocenters. The van der Waals surface area contributed by atoms with Crippen molar-refractivity contribution < 1.29 is 19.5 Å². The van der Waals surface area contributed by atoms with Gasteiger partial charge in [-0.15, -0.1) is 0 Å². The van der Waals surface area contributed by atoms with Gasteiger partial charge in [0.05, 0.1) is 0 Å². The second-order valence-corrected chi connectivity index (χ2v) is 3.92. The SMILES string of the molecule is CCC(C(=O)O)C(=O)Nc1ccc(C(C)=O)cc1. The number of anilines is 1. The molecule has 1 rings (SSSR count). The van der Waals surface area contributed by atoms with Crippen LogP contribution in [0.2, 0.25) is 0 Å². The predicted molar refractivity (Wildman–Crippen MR) is 66.5 cm³/mol. The second-order valence-electron chi connectivity index (χ2n) is 3.92. The van der Waals surface area contributed by atoms with E-state index < -0.39 is 17.8 Å². The van der Waals surface area contributed by atoms with Crippen LogP contribution >= 0.6 is 0 Å². The zero-order chi connectivity index (χ0) is 13.7. The number of amides is 1. The van der Waals surface area contributed by atoms with Gasteiger partial charge in [0, 0.05) is 11.3 Å². The van der Waals surface area contributed by atoms with Crippen LogP contribution in [0.25, 0.3) is 0 Å². The Kier molecular flexibility index (Phi) is 4.59. The summed E-state index contributed by atoms with van der Waals surface area (Å²) in [7, 11) is 0. The summed E-state index contributed by atoms with van der Waals surface area (Å²) in [5.41, 5.74) is 1.02. The lowest BCUT2D eigenvalue weighted by molar-refractivity contribution is -0.145. The zero-order valence-corrected chi connectivity index (χ0v) is 10.3. The smallest absolute Gasteiger partial charge is 0.316 e. The van der Waals surface area contributed by atoms with E-state index in [1.807, 2.05) is 0 Å².